The third-order valence-electron chi connectivity index (χ3n) is 3.53. The zero-order chi connectivity index (χ0) is 15.6. The van der Waals surface area contributed by atoms with Crippen LogP contribution in [-0.4, -0.2) is 12.5 Å². The molecule has 0 unspecified atom stereocenters. The molecule has 0 aromatic heterocycles. The van der Waals surface area contributed by atoms with Crippen molar-refractivity contribution >= 4 is 5.91 Å². The van der Waals surface area contributed by atoms with Crippen molar-refractivity contribution in [1.82, 2.24) is 10.6 Å². The van der Waals surface area contributed by atoms with Crippen LogP contribution in [-0.2, 0) is 13.1 Å². The lowest BCUT2D eigenvalue weighted by atomic mass is 10.1. The third kappa shape index (κ3) is 5.34. The minimum atomic E-state index is 0.0113. The number of rotatable bonds is 8. The van der Waals surface area contributed by atoms with Crippen LogP contribution in [0.5, 0.6) is 0 Å². The Kier molecular flexibility index (Phi) is 6.65. The third-order valence-corrected chi connectivity index (χ3v) is 3.53. The second kappa shape index (κ2) is 9.00. The first-order chi connectivity index (χ1) is 10.8. The van der Waals surface area contributed by atoms with Crippen LogP contribution in [0.25, 0.3) is 0 Å². The molecule has 0 aliphatic carbocycles. The van der Waals surface area contributed by atoms with Gasteiger partial charge in [0.25, 0.3) is 5.91 Å². The van der Waals surface area contributed by atoms with Gasteiger partial charge in [0.15, 0.2) is 0 Å². The van der Waals surface area contributed by atoms with E-state index < -0.39 is 0 Å². The lowest BCUT2D eigenvalue weighted by molar-refractivity contribution is 0.0953. The van der Waals surface area contributed by atoms with E-state index in [9.17, 15) is 4.79 Å². The Morgan fingerprint density at radius 2 is 1.55 bits per heavy atom. The highest BCUT2D eigenvalue weighted by Gasteiger charge is 2.04. The maximum atomic E-state index is 11.9. The molecule has 0 saturated carbocycles. The Hall–Kier alpha value is -2.13. The minimum Gasteiger partial charge on any atom is -0.352 e. The molecule has 2 rings (SSSR count). The Morgan fingerprint density at radius 1 is 0.909 bits per heavy atom. The van der Waals surface area contributed by atoms with Gasteiger partial charge in [0.2, 0.25) is 0 Å². The zero-order valence-corrected chi connectivity index (χ0v) is 13.1. The molecule has 2 N–H and O–H groups in total. The van der Waals surface area contributed by atoms with Gasteiger partial charge in [-0.05, 0) is 29.7 Å². The summed E-state index contributed by atoms with van der Waals surface area (Å²) in [6, 6.07) is 18.1. The average Bonchev–Trinajstić information content (AvgIpc) is 2.56. The summed E-state index contributed by atoms with van der Waals surface area (Å²) in [6.45, 7) is 4.51. The molecule has 0 atom stereocenters. The number of nitrogens with one attached hydrogen (secondary N) is 2. The summed E-state index contributed by atoms with van der Waals surface area (Å²) in [5.41, 5.74) is 3.18. The Morgan fingerprint density at radius 3 is 2.18 bits per heavy atom. The molecule has 3 heteroatoms. The molecule has 22 heavy (non-hydrogen) atoms. The van der Waals surface area contributed by atoms with E-state index in [-0.39, 0.29) is 5.91 Å². The van der Waals surface area contributed by atoms with Gasteiger partial charge in [0.05, 0.1) is 0 Å². The first-order valence-corrected chi connectivity index (χ1v) is 7.91. The molecule has 2 aromatic carbocycles. The highest BCUT2D eigenvalue weighted by Crippen LogP contribution is 2.05. The van der Waals surface area contributed by atoms with E-state index in [1.807, 2.05) is 42.5 Å². The summed E-state index contributed by atoms with van der Waals surface area (Å²) in [4.78, 5) is 11.9. The van der Waals surface area contributed by atoms with Crippen molar-refractivity contribution < 1.29 is 4.79 Å². The molecule has 0 radical (unpaired) electrons. The summed E-state index contributed by atoms with van der Waals surface area (Å²) < 4.78 is 0. The maximum Gasteiger partial charge on any atom is 0.251 e. The number of hydrogen-bond donors (Lipinski definition) is 2. The van der Waals surface area contributed by atoms with Gasteiger partial charge in [-0.2, -0.15) is 0 Å². The molecule has 0 spiro atoms. The van der Waals surface area contributed by atoms with Gasteiger partial charge < -0.3 is 10.6 Å². The number of carbonyl (C=O) groups is 1. The van der Waals surface area contributed by atoms with E-state index >= 15 is 0 Å². The first kappa shape index (κ1) is 16.2. The van der Waals surface area contributed by atoms with Crippen LogP contribution in [0.3, 0.4) is 0 Å². The average molecular weight is 296 g/mol. The zero-order valence-electron chi connectivity index (χ0n) is 13.1. The maximum absolute atomic E-state index is 11.9. The van der Waals surface area contributed by atoms with Crippen LogP contribution in [0, 0.1) is 0 Å². The van der Waals surface area contributed by atoms with Gasteiger partial charge in [0.1, 0.15) is 0 Å². The molecule has 1 amide bonds. The molecule has 116 valence electrons. The predicted octanol–water partition coefficient (Wildman–Crippen LogP) is 3.51. The standard InChI is InChI=1S/C19H24N2O/c1-2-3-13-21-19(22)18-11-9-17(10-12-18)15-20-14-16-7-5-4-6-8-16/h4-12,20H,2-3,13-15H2,1H3,(H,21,22). The smallest absolute Gasteiger partial charge is 0.251 e. The van der Waals surface area contributed by atoms with Crippen LogP contribution in [0.1, 0.15) is 41.3 Å². The topological polar surface area (TPSA) is 41.1 Å². The van der Waals surface area contributed by atoms with Crippen molar-refractivity contribution in [2.75, 3.05) is 6.54 Å². The summed E-state index contributed by atoms with van der Waals surface area (Å²) in [7, 11) is 0. The van der Waals surface area contributed by atoms with Gasteiger partial charge in [-0.1, -0.05) is 55.8 Å². The molecule has 0 aliphatic rings. The van der Waals surface area contributed by atoms with E-state index in [0.29, 0.717) is 0 Å². The predicted molar refractivity (Wildman–Crippen MR) is 90.7 cm³/mol. The second-order valence-electron chi connectivity index (χ2n) is 5.40. The fourth-order valence-corrected chi connectivity index (χ4v) is 2.20. The van der Waals surface area contributed by atoms with Gasteiger partial charge in [0, 0.05) is 25.2 Å². The van der Waals surface area contributed by atoms with E-state index in [1.54, 1.807) is 0 Å². The van der Waals surface area contributed by atoms with E-state index in [2.05, 4.69) is 29.7 Å². The van der Waals surface area contributed by atoms with Crippen molar-refractivity contribution in [2.24, 2.45) is 0 Å². The van der Waals surface area contributed by atoms with Crippen molar-refractivity contribution in [3.05, 3.63) is 71.3 Å². The van der Waals surface area contributed by atoms with Crippen molar-refractivity contribution in [3.63, 3.8) is 0 Å². The fourth-order valence-electron chi connectivity index (χ4n) is 2.20. The Bertz CT molecular complexity index is 564. The molecule has 0 heterocycles. The Labute approximate surface area is 132 Å². The van der Waals surface area contributed by atoms with Gasteiger partial charge in [-0.25, -0.2) is 0 Å². The van der Waals surface area contributed by atoms with E-state index in [4.69, 9.17) is 0 Å². The Balaban J connectivity index is 1.78. The van der Waals surface area contributed by atoms with Crippen LogP contribution in [0.15, 0.2) is 54.6 Å². The van der Waals surface area contributed by atoms with E-state index in [0.717, 1.165) is 38.0 Å². The number of carbonyl (C=O) groups excluding carboxylic acids is 1. The number of benzene rings is 2. The van der Waals surface area contributed by atoms with E-state index in [1.165, 1.54) is 11.1 Å². The summed E-state index contributed by atoms with van der Waals surface area (Å²) in [5.74, 6) is 0.0113. The molecular formula is C19H24N2O. The molecule has 2 aromatic rings. The molecule has 0 fully saturated rings. The molecule has 3 nitrogen and oxygen atoms in total. The molecule has 0 saturated heterocycles. The van der Waals surface area contributed by atoms with Crippen LogP contribution >= 0.6 is 0 Å². The number of hydrogen-bond acceptors (Lipinski definition) is 2. The van der Waals surface area contributed by atoms with Crippen LogP contribution in [0.2, 0.25) is 0 Å². The van der Waals surface area contributed by atoms with Gasteiger partial charge in [-0.15, -0.1) is 0 Å². The largest absolute Gasteiger partial charge is 0.352 e. The minimum absolute atomic E-state index is 0.0113. The normalized spacial score (nSPS) is 10.4. The van der Waals surface area contributed by atoms with Crippen LogP contribution < -0.4 is 10.6 Å². The lowest BCUT2D eigenvalue weighted by Gasteiger charge is -2.07. The first-order valence-electron chi connectivity index (χ1n) is 7.91. The quantitative estimate of drug-likeness (QED) is 0.732. The molecule has 0 bridgehead atoms. The highest BCUT2D eigenvalue weighted by molar-refractivity contribution is 5.94. The molecular weight excluding hydrogens is 272 g/mol. The monoisotopic (exact) mass is 296 g/mol. The summed E-state index contributed by atoms with van der Waals surface area (Å²) >= 11 is 0. The second-order valence-corrected chi connectivity index (χ2v) is 5.40. The SMILES string of the molecule is CCCCNC(=O)c1ccc(CNCc2ccccc2)cc1. The highest BCUT2D eigenvalue weighted by atomic mass is 16.1. The van der Waals surface area contributed by atoms with Crippen LogP contribution in [0.4, 0.5) is 0 Å². The van der Waals surface area contributed by atoms with Crippen molar-refractivity contribution in [1.29, 1.82) is 0 Å². The van der Waals surface area contributed by atoms with Gasteiger partial charge in [-0.3, -0.25) is 4.79 Å². The summed E-state index contributed by atoms with van der Waals surface area (Å²) in [5, 5.41) is 6.34. The number of amides is 1. The fraction of sp³-hybridized carbons (Fsp3) is 0.316. The number of unbranched alkanes of at least 4 members (excludes halogenated alkanes) is 1. The lowest BCUT2D eigenvalue weighted by Crippen LogP contribution is -2.24. The molecule has 0 aliphatic heterocycles. The van der Waals surface area contributed by atoms with Crippen molar-refractivity contribution in [3.8, 4) is 0 Å². The summed E-state index contributed by atoms with van der Waals surface area (Å²) in [6.07, 6.45) is 2.11. The van der Waals surface area contributed by atoms with Gasteiger partial charge >= 0.3 is 0 Å². The van der Waals surface area contributed by atoms with Crippen molar-refractivity contribution in [2.45, 2.75) is 32.9 Å².